The lowest BCUT2D eigenvalue weighted by molar-refractivity contribution is -0.127. The lowest BCUT2D eigenvalue weighted by Gasteiger charge is -2.16. The van der Waals surface area contributed by atoms with Crippen LogP contribution in [0.15, 0.2) is 29.3 Å². The van der Waals surface area contributed by atoms with Crippen LogP contribution in [0.1, 0.15) is 38.2 Å². The average Bonchev–Trinajstić information content (AvgIpc) is 3.05. The zero-order valence-corrected chi connectivity index (χ0v) is 16.1. The first-order valence-electron chi connectivity index (χ1n) is 9.68. The van der Waals surface area contributed by atoms with Crippen molar-refractivity contribution in [3.05, 3.63) is 29.8 Å². The molecule has 1 heterocycles. The Bertz CT molecular complexity index is 572. The average molecular weight is 361 g/mol. The Morgan fingerprint density at radius 3 is 2.73 bits per heavy atom. The largest absolute Gasteiger partial charge is 0.494 e. The van der Waals surface area contributed by atoms with Crippen LogP contribution < -0.4 is 15.4 Å². The van der Waals surface area contributed by atoms with Gasteiger partial charge in [-0.05, 0) is 38.8 Å². The van der Waals surface area contributed by atoms with Gasteiger partial charge in [0, 0.05) is 45.6 Å². The van der Waals surface area contributed by atoms with Crippen molar-refractivity contribution in [1.29, 1.82) is 0 Å². The van der Waals surface area contributed by atoms with E-state index >= 15 is 0 Å². The number of amides is 1. The number of hydrogen-bond donors (Lipinski definition) is 2. The van der Waals surface area contributed by atoms with Crippen molar-refractivity contribution < 1.29 is 9.53 Å². The maximum atomic E-state index is 11.6. The van der Waals surface area contributed by atoms with E-state index in [0.717, 1.165) is 57.2 Å². The van der Waals surface area contributed by atoms with Gasteiger partial charge in [0.05, 0.1) is 6.61 Å². The van der Waals surface area contributed by atoms with Crippen LogP contribution in [0.3, 0.4) is 0 Å². The lowest BCUT2D eigenvalue weighted by atomic mass is 10.2. The number of guanidine groups is 1. The highest BCUT2D eigenvalue weighted by atomic mass is 16.5. The van der Waals surface area contributed by atoms with Crippen molar-refractivity contribution >= 4 is 11.9 Å². The summed E-state index contributed by atoms with van der Waals surface area (Å²) in [6.07, 6.45) is 3.52. The SMILES string of the molecule is CCNC(=NCCCOc1ccc(C)cc1)NCCCN1CCCC1=O. The fourth-order valence-corrected chi connectivity index (χ4v) is 2.84. The Balaban J connectivity index is 1.60. The van der Waals surface area contributed by atoms with Crippen molar-refractivity contribution in [3.8, 4) is 5.75 Å². The summed E-state index contributed by atoms with van der Waals surface area (Å²) in [4.78, 5) is 18.1. The van der Waals surface area contributed by atoms with Gasteiger partial charge in [0.1, 0.15) is 5.75 Å². The molecule has 144 valence electrons. The molecule has 1 amide bonds. The molecule has 1 aliphatic rings. The molecule has 1 fully saturated rings. The smallest absolute Gasteiger partial charge is 0.222 e. The molecule has 6 heteroatoms. The molecule has 0 atom stereocenters. The number of nitrogens with zero attached hydrogens (tertiary/aromatic N) is 2. The summed E-state index contributed by atoms with van der Waals surface area (Å²) in [6.45, 7) is 8.88. The molecule has 2 N–H and O–H groups in total. The molecule has 1 aliphatic heterocycles. The molecule has 2 rings (SSSR count). The Kier molecular flexibility index (Phi) is 8.79. The molecule has 1 aromatic rings. The molecule has 1 aromatic carbocycles. The predicted molar refractivity (Wildman–Crippen MR) is 106 cm³/mol. The molecule has 0 unspecified atom stereocenters. The van der Waals surface area contributed by atoms with E-state index < -0.39 is 0 Å². The number of carbonyl (C=O) groups is 1. The van der Waals surface area contributed by atoms with Gasteiger partial charge in [0.25, 0.3) is 0 Å². The van der Waals surface area contributed by atoms with Gasteiger partial charge in [-0.2, -0.15) is 0 Å². The Labute approximate surface area is 157 Å². The van der Waals surface area contributed by atoms with Gasteiger partial charge in [0.15, 0.2) is 5.96 Å². The second-order valence-electron chi connectivity index (χ2n) is 6.54. The van der Waals surface area contributed by atoms with Crippen LogP contribution in [-0.4, -0.2) is 56.1 Å². The summed E-state index contributed by atoms with van der Waals surface area (Å²) in [6, 6.07) is 8.09. The molecule has 6 nitrogen and oxygen atoms in total. The van der Waals surface area contributed by atoms with Crippen LogP contribution in [0, 0.1) is 6.92 Å². The minimum Gasteiger partial charge on any atom is -0.494 e. The number of aliphatic imine (C=N–C) groups is 1. The maximum Gasteiger partial charge on any atom is 0.222 e. The molecule has 0 spiro atoms. The zero-order chi connectivity index (χ0) is 18.6. The highest BCUT2D eigenvalue weighted by Crippen LogP contribution is 2.11. The van der Waals surface area contributed by atoms with Crippen molar-refractivity contribution in [3.63, 3.8) is 0 Å². The molecule has 0 aliphatic carbocycles. The number of hydrogen-bond acceptors (Lipinski definition) is 3. The summed E-state index contributed by atoms with van der Waals surface area (Å²) < 4.78 is 5.72. The van der Waals surface area contributed by atoms with Crippen LogP contribution in [0.5, 0.6) is 5.75 Å². The van der Waals surface area contributed by atoms with E-state index in [-0.39, 0.29) is 0 Å². The second kappa shape index (κ2) is 11.4. The van der Waals surface area contributed by atoms with Crippen LogP contribution in [0.2, 0.25) is 0 Å². The summed E-state index contributed by atoms with van der Waals surface area (Å²) in [5, 5.41) is 6.59. The summed E-state index contributed by atoms with van der Waals surface area (Å²) in [7, 11) is 0. The van der Waals surface area contributed by atoms with E-state index in [4.69, 9.17) is 4.74 Å². The van der Waals surface area contributed by atoms with Gasteiger partial charge >= 0.3 is 0 Å². The maximum absolute atomic E-state index is 11.6. The van der Waals surface area contributed by atoms with Gasteiger partial charge in [-0.1, -0.05) is 17.7 Å². The summed E-state index contributed by atoms with van der Waals surface area (Å²) in [5.74, 6) is 2.02. The first kappa shape index (κ1) is 20.1. The molecule has 26 heavy (non-hydrogen) atoms. The van der Waals surface area contributed by atoms with E-state index in [0.29, 0.717) is 25.5 Å². The van der Waals surface area contributed by atoms with Crippen molar-refractivity contribution in [1.82, 2.24) is 15.5 Å². The standard InChI is InChI=1S/C20H32N4O2/c1-3-21-20(22-12-5-15-24-14-4-7-19(24)25)23-13-6-16-26-18-10-8-17(2)9-11-18/h8-11H,3-7,12-16H2,1-2H3,(H2,21,22,23). The third-order valence-corrected chi connectivity index (χ3v) is 4.27. The monoisotopic (exact) mass is 360 g/mol. The van der Waals surface area contributed by atoms with E-state index in [1.807, 2.05) is 17.0 Å². The van der Waals surface area contributed by atoms with E-state index in [1.54, 1.807) is 0 Å². The first-order chi connectivity index (χ1) is 12.7. The molecular weight excluding hydrogens is 328 g/mol. The summed E-state index contributed by atoms with van der Waals surface area (Å²) >= 11 is 0. The first-order valence-corrected chi connectivity index (χ1v) is 9.68. The van der Waals surface area contributed by atoms with Crippen molar-refractivity contribution in [2.45, 2.75) is 39.5 Å². The van der Waals surface area contributed by atoms with Gasteiger partial charge in [0.2, 0.25) is 5.91 Å². The topological polar surface area (TPSA) is 66.0 Å². The quantitative estimate of drug-likeness (QED) is 0.382. The normalized spacial score (nSPS) is 14.6. The molecule has 0 radical (unpaired) electrons. The Morgan fingerprint density at radius 2 is 2.04 bits per heavy atom. The van der Waals surface area contributed by atoms with Gasteiger partial charge in [-0.15, -0.1) is 0 Å². The highest BCUT2D eigenvalue weighted by molar-refractivity contribution is 5.79. The minimum atomic E-state index is 0.291. The second-order valence-corrected chi connectivity index (χ2v) is 6.54. The highest BCUT2D eigenvalue weighted by Gasteiger charge is 2.18. The lowest BCUT2D eigenvalue weighted by Crippen LogP contribution is -2.39. The van der Waals surface area contributed by atoms with Gasteiger partial charge < -0.3 is 20.3 Å². The number of rotatable bonds is 10. The Hall–Kier alpha value is -2.24. The number of nitrogens with one attached hydrogen (secondary N) is 2. The molecule has 1 saturated heterocycles. The fourth-order valence-electron chi connectivity index (χ4n) is 2.84. The van der Waals surface area contributed by atoms with Gasteiger partial charge in [-0.25, -0.2) is 0 Å². The van der Waals surface area contributed by atoms with Gasteiger partial charge in [-0.3, -0.25) is 9.79 Å². The van der Waals surface area contributed by atoms with E-state index in [2.05, 4.69) is 41.6 Å². The van der Waals surface area contributed by atoms with Crippen LogP contribution in [-0.2, 0) is 4.79 Å². The van der Waals surface area contributed by atoms with Crippen molar-refractivity contribution in [2.75, 3.05) is 39.3 Å². The molecular formula is C20H32N4O2. The van der Waals surface area contributed by atoms with E-state index in [1.165, 1.54) is 5.56 Å². The van der Waals surface area contributed by atoms with Crippen LogP contribution in [0.4, 0.5) is 0 Å². The number of benzene rings is 1. The number of aryl methyl sites for hydroxylation is 1. The zero-order valence-electron chi connectivity index (χ0n) is 16.1. The fraction of sp³-hybridized carbons (Fsp3) is 0.600. The van der Waals surface area contributed by atoms with Crippen molar-refractivity contribution in [2.24, 2.45) is 4.99 Å². The summed E-state index contributed by atoms with van der Waals surface area (Å²) in [5.41, 5.74) is 1.23. The molecule has 0 aromatic heterocycles. The Morgan fingerprint density at radius 1 is 1.23 bits per heavy atom. The van der Waals surface area contributed by atoms with E-state index in [9.17, 15) is 4.79 Å². The minimum absolute atomic E-state index is 0.291. The third-order valence-electron chi connectivity index (χ3n) is 4.27. The molecule has 0 bridgehead atoms. The van der Waals surface area contributed by atoms with Crippen LogP contribution >= 0.6 is 0 Å². The van der Waals surface area contributed by atoms with Crippen LogP contribution in [0.25, 0.3) is 0 Å². The predicted octanol–water partition coefficient (Wildman–Crippen LogP) is 2.33. The third kappa shape index (κ3) is 7.33. The number of likely N-dealkylation sites (tertiary alicyclic amines) is 1. The number of carbonyl (C=O) groups excluding carboxylic acids is 1. The number of ether oxygens (including phenoxy) is 1. The molecule has 0 saturated carbocycles.